The van der Waals surface area contributed by atoms with Crippen LogP contribution in [0.15, 0.2) is 114 Å². The molecule has 1 amide bonds. The lowest BCUT2D eigenvalue weighted by molar-refractivity contribution is -0.120. The number of anilines is 1. The lowest BCUT2D eigenvalue weighted by Gasteiger charge is -2.14. The number of benzene rings is 4. The summed E-state index contributed by atoms with van der Waals surface area (Å²) in [5.74, 6) is 0.519. The molecule has 0 spiro atoms. The molecule has 6 rings (SSSR count). The number of rotatable bonds is 9. The first kappa shape index (κ1) is 25.4. The van der Waals surface area contributed by atoms with E-state index in [1.165, 1.54) is 17.1 Å². The molecule has 0 aliphatic heterocycles. The van der Waals surface area contributed by atoms with Crippen molar-refractivity contribution in [1.29, 1.82) is 0 Å². The number of aromatic nitrogens is 4. The third-order valence-electron chi connectivity index (χ3n) is 6.59. The first-order chi connectivity index (χ1) is 19.7. The van der Waals surface area contributed by atoms with Crippen LogP contribution in [0.2, 0.25) is 0 Å². The van der Waals surface area contributed by atoms with E-state index in [1.807, 2.05) is 90.5 Å². The fourth-order valence-corrected chi connectivity index (χ4v) is 5.43. The summed E-state index contributed by atoms with van der Waals surface area (Å²) in [6, 6.07) is 32.3. The van der Waals surface area contributed by atoms with Crippen LogP contribution in [0.3, 0.4) is 0 Å². The van der Waals surface area contributed by atoms with Crippen LogP contribution < -0.4 is 10.7 Å². The molecule has 0 fully saturated rings. The van der Waals surface area contributed by atoms with Gasteiger partial charge in [-0.2, -0.15) is 5.10 Å². The Morgan fingerprint density at radius 1 is 0.950 bits per heavy atom. The van der Waals surface area contributed by atoms with Crippen molar-refractivity contribution in [3.05, 3.63) is 115 Å². The molecule has 0 radical (unpaired) electrons. The highest BCUT2D eigenvalue weighted by Crippen LogP contribution is 2.28. The molecule has 1 atom stereocenters. The van der Waals surface area contributed by atoms with Gasteiger partial charge in [0.05, 0.1) is 18.0 Å². The number of hydrogen-bond donors (Lipinski definition) is 3. The van der Waals surface area contributed by atoms with Gasteiger partial charge in [0, 0.05) is 39.4 Å². The smallest absolute Gasteiger partial charge is 0.253 e. The molecule has 0 aliphatic rings. The fourth-order valence-electron chi connectivity index (χ4n) is 4.55. The van der Waals surface area contributed by atoms with Gasteiger partial charge in [-0.1, -0.05) is 84.6 Å². The third-order valence-corrected chi connectivity index (χ3v) is 7.64. The number of fused-ring (bicyclic) bond motifs is 2. The standard InChI is InChI=1S/C31H27N7OS/c1-21(30(39)36-34-19-23-18-32-27-16-8-7-15-26(23)27)40-31-37-35-29(38(31)24-12-3-2-4-13-24)20-33-28-17-9-11-22-10-5-6-14-25(22)28/h2-19,21,32-33H,20H2,1H3,(H,36,39)/b34-19+/t21-/m1/s1. The maximum absolute atomic E-state index is 12.9. The topological polar surface area (TPSA) is 100.0 Å². The number of carbonyl (C=O) groups is 1. The lowest BCUT2D eigenvalue weighted by Crippen LogP contribution is -2.27. The molecule has 40 heavy (non-hydrogen) atoms. The largest absolute Gasteiger partial charge is 0.377 e. The highest BCUT2D eigenvalue weighted by atomic mass is 32.2. The Morgan fingerprint density at radius 2 is 1.70 bits per heavy atom. The minimum Gasteiger partial charge on any atom is -0.377 e. The van der Waals surface area contributed by atoms with Crippen LogP contribution in [0, 0.1) is 0 Å². The van der Waals surface area contributed by atoms with Crippen LogP contribution in [0.25, 0.3) is 27.4 Å². The second-order valence-corrected chi connectivity index (χ2v) is 10.5. The van der Waals surface area contributed by atoms with Crippen LogP contribution in [-0.2, 0) is 11.3 Å². The number of para-hydroxylation sites is 2. The predicted molar refractivity (Wildman–Crippen MR) is 162 cm³/mol. The Bertz CT molecular complexity index is 1800. The minimum absolute atomic E-state index is 0.223. The SMILES string of the molecule is C[C@@H](Sc1nnc(CNc2cccc3ccccc23)n1-c1ccccc1)C(=O)N/N=C/c1c[nH]c2ccccc12. The number of amides is 1. The van der Waals surface area contributed by atoms with Crippen molar-refractivity contribution in [2.24, 2.45) is 5.10 Å². The second kappa shape index (κ2) is 11.5. The van der Waals surface area contributed by atoms with Crippen molar-refractivity contribution in [2.75, 3.05) is 5.32 Å². The van der Waals surface area contributed by atoms with Gasteiger partial charge in [0.2, 0.25) is 0 Å². The summed E-state index contributed by atoms with van der Waals surface area (Å²) in [6.45, 7) is 2.30. The summed E-state index contributed by atoms with van der Waals surface area (Å²) in [5.41, 5.74) is 6.54. The summed E-state index contributed by atoms with van der Waals surface area (Å²) < 4.78 is 1.99. The average Bonchev–Trinajstić information content (AvgIpc) is 3.60. The Hall–Kier alpha value is -4.89. The first-order valence-corrected chi connectivity index (χ1v) is 13.8. The molecule has 9 heteroatoms. The van der Waals surface area contributed by atoms with E-state index in [9.17, 15) is 4.79 Å². The molecule has 0 bridgehead atoms. The van der Waals surface area contributed by atoms with Gasteiger partial charge < -0.3 is 10.3 Å². The van der Waals surface area contributed by atoms with E-state index in [0.717, 1.165) is 39.1 Å². The zero-order valence-corrected chi connectivity index (χ0v) is 22.6. The first-order valence-electron chi connectivity index (χ1n) is 12.9. The average molecular weight is 546 g/mol. The Balaban J connectivity index is 1.18. The van der Waals surface area contributed by atoms with E-state index in [0.29, 0.717) is 11.7 Å². The van der Waals surface area contributed by atoms with Crippen LogP contribution in [0.1, 0.15) is 18.3 Å². The summed E-state index contributed by atoms with van der Waals surface area (Å²) >= 11 is 1.34. The third kappa shape index (κ3) is 5.32. The second-order valence-electron chi connectivity index (χ2n) is 9.23. The number of hydrazone groups is 1. The van der Waals surface area contributed by atoms with Crippen LogP contribution >= 0.6 is 11.8 Å². The Labute approximate surface area is 235 Å². The molecule has 0 saturated carbocycles. The highest BCUT2D eigenvalue weighted by Gasteiger charge is 2.21. The van der Waals surface area contributed by atoms with Gasteiger partial charge >= 0.3 is 0 Å². The number of carbonyl (C=O) groups excluding carboxylic acids is 1. The quantitative estimate of drug-likeness (QED) is 0.115. The van der Waals surface area contributed by atoms with Crippen molar-refractivity contribution in [1.82, 2.24) is 25.2 Å². The maximum Gasteiger partial charge on any atom is 0.253 e. The lowest BCUT2D eigenvalue weighted by atomic mass is 10.1. The molecule has 2 aromatic heterocycles. The number of nitrogens with zero attached hydrogens (tertiary/aromatic N) is 4. The molecule has 0 unspecified atom stereocenters. The molecule has 8 nitrogen and oxygen atoms in total. The van der Waals surface area contributed by atoms with Crippen molar-refractivity contribution in [3.8, 4) is 5.69 Å². The summed E-state index contributed by atoms with van der Waals surface area (Å²) in [6.07, 6.45) is 3.52. The number of thioether (sulfide) groups is 1. The fraction of sp³-hybridized carbons (Fsp3) is 0.0968. The summed E-state index contributed by atoms with van der Waals surface area (Å²) in [7, 11) is 0. The maximum atomic E-state index is 12.9. The summed E-state index contributed by atoms with van der Waals surface area (Å²) in [5, 5.41) is 20.2. The van der Waals surface area contributed by atoms with Crippen molar-refractivity contribution in [3.63, 3.8) is 0 Å². The van der Waals surface area contributed by atoms with Gasteiger partial charge in [-0.15, -0.1) is 10.2 Å². The number of hydrogen-bond acceptors (Lipinski definition) is 6. The monoisotopic (exact) mass is 545 g/mol. The number of nitrogens with one attached hydrogen (secondary N) is 3. The van der Waals surface area contributed by atoms with E-state index in [4.69, 9.17) is 0 Å². The van der Waals surface area contributed by atoms with Gasteiger partial charge in [-0.25, -0.2) is 5.43 Å². The number of aromatic amines is 1. The van der Waals surface area contributed by atoms with Gasteiger partial charge in [0.1, 0.15) is 0 Å². The van der Waals surface area contributed by atoms with Crippen molar-refractivity contribution in [2.45, 2.75) is 23.9 Å². The molecule has 198 valence electrons. The van der Waals surface area contributed by atoms with E-state index < -0.39 is 5.25 Å². The van der Waals surface area contributed by atoms with Gasteiger partial charge in [-0.3, -0.25) is 9.36 Å². The normalized spacial score (nSPS) is 12.2. The van der Waals surface area contributed by atoms with Crippen LogP contribution in [0.4, 0.5) is 5.69 Å². The van der Waals surface area contributed by atoms with Crippen LogP contribution in [-0.4, -0.2) is 37.1 Å². The summed E-state index contributed by atoms with van der Waals surface area (Å²) in [4.78, 5) is 16.1. The Kier molecular flexibility index (Phi) is 7.28. The Morgan fingerprint density at radius 3 is 2.58 bits per heavy atom. The zero-order valence-electron chi connectivity index (χ0n) is 21.8. The van der Waals surface area contributed by atoms with E-state index in [2.05, 4.69) is 55.3 Å². The molecule has 0 saturated heterocycles. The molecule has 2 heterocycles. The molecule has 0 aliphatic carbocycles. The van der Waals surface area contributed by atoms with Gasteiger partial charge in [0.25, 0.3) is 5.91 Å². The van der Waals surface area contributed by atoms with Gasteiger partial charge in [-0.05, 0) is 36.6 Å². The molecule has 3 N–H and O–H groups in total. The molecule has 4 aromatic carbocycles. The molecular formula is C31H27N7OS. The number of H-pyrrole nitrogens is 1. The minimum atomic E-state index is -0.453. The zero-order chi connectivity index (χ0) is 27.3. The predicted octanol–water partition coefficient (Wildman–Crippen LogP) is 6.14. The van der Waals surface area contributed by atoms with E-state index >= 15 is 0 Å². The molecular weight excluding hydrogens is 518 g/mol. The van der Waals surface area contributed by atoms with Crippen LogP contribution in [0.5, 0.6) is 0 Å². The van der Waals surface area contributed by atoms with Gasteiger partial charge in [0.15, 0.2) is 11.0 Å². The molecule has 6 aromatic rings. The van der Waals surface area contributed by atoms with E-state index in [1.54, 1.807) is 6.21 Å². The van der Waals surface area contributed by atoms with E-state index in [-0.39, 0.29) is 5.91 Å². The van der Waals surface area contributed by atoms with Crippen molar-refractivity contribution < 1.29 is 4.79 Å². The highest BCUT2D eigenvalue weighted by molar-refractivity contribution is 8.00. The van der Waals surface area contributed by atoms with Crippen molar-refractivity contribution >= 4 is 51.2 Å².